The first-order valence-electron chi connectivity index (χ1n) is 14.6. The van der Waals surface area contributed by atoms with E-state index in [1.165, 1.54) is 0 Å². The first-order chi connectivity index (χ1) is 20.7. The van der Waals surface area contributed by atoms with Gasteiger partial charge in [-0.15, -0.1) is 0 Å². The van der Waals surface area contributed by atoms with Crippen molar-refractivity contribution in [2.75, 3.05) is 11.4 Å². The lowest BCUT2D eigenvalue weighted by atomic mass is 9.86. The molecular formula is C37H35ClN2O3. The molecule has 4 aromatic rings. The van der Waals surface area contributed by atoms with Crippen LogP contribution in [0.4, 0.5) is 5.69 Å². The fourth-order valence-corrected chi connectivity index (χ4v) is 6.32. The molecule has 0 fully saturated rings. The standard InChI is InChI=1S/C37H35ClN2O3/c1-24-12-13-25(20-34(24)42)23-40-33-19-16-29(38)21-32(33)35(27-14-17-30(41)18-15-27)39-37(2,36(40)43)22-28-10-6-7-11-31(28)26-8-4-3-5-9-26/h3-21,24,34-35,39,41-42H,22-23H2,1-2H3. The van der Waals surface area contributed by atoms with Gasteiger partial charge in [0, 0.05) is 16.6 Å². The maximum Gasteiger partial charge on any atom is 0.247 e. The number of amides is 1. The summed E-state index contributed by atoms with van der Waals surface area (Å²) >= 11 is 6.58. The fourth-order valence-electron chi connectivity index (χ4n) is 6.14. The summed E-state index contributed by atoms with van der Waals surface area (Å²) in [5, 5.41) is 25.0. The molecule has 43 heavy (non-hydrogen) atoms. The second-order valence-electron chi connectivity index (χ2n) is 11.7. The van der Waals surface area contributed by atoms with Crippen LogP contribution in [-0.2, 0) is 11.2 Å². The Balaban J connectivity index is 1.50. The van der Waals surface area contributed by atoms with Gasteiger partial charge in [-0.25, -0.2) is 0 Å². The Labute approximate surface area is 257 Å². The van der Waals surface area contributed by atoms with Crippen molar-refractivity contribution in [1.29, 1.82) is 0 Å². The van der Waals surface area contributed by atoms with Crippen molar-refractivity contribution in [3.8, 4) is 16.9 Å². The zero-order chi connectivity index (χ0) is 30.1. The van der Waals surface area contributed by atoms with E-state index in [1.54, 1.807) is 12.1 Å². The van der Waals surface area contributed by atoms with Crippen molar-refractivity contribution in [2.24, 2.45) is 5.92 Å². The van der Waals surface area contributed by atoms with Gasteiger partial charge in [0.1, 0.15) is 11.3 Å². The number of hydrogen-bond acceptors (Lipinski definition) is 4. The molecule has 6 heteroatoms. The molecule has 0 aromatic heterocycles. The number of carbonyl (C=O) groups excluding carboxylic acids is 1. The van der Waals surface area contributed by atoms with E-state index in [9.17, 15) is 15.0 Å². The van der Waals surface area contributed by atoms with Crippen LogP contribution >= 0.6 is 11.6 Å². The molecule has 1 aliphatic heterocycles. The predicted molar refractivity (Wildman–Crippen MR) is 173 cm³/mol. The van der Waals surface area contributed by atoms with Gasteiger partial charge in [0.25, 0.3) is 0 Å². The molecule has 1 aliphatic carbocycles. The number of carbonyl (C=O) groups is 1. The van der Waals surface area contributed by atoms with Crippen LogP contribution < -0.4 is 10.2 Å². The Morgan fingerprint density at radius 3 is 2.42 bits per heavy atom. The Morgan fingerprint density at radius 2 is 1.67 bits per heavy atom. The third kappa shape index (κ3) is 5.89. The zero-order valence-corrected chi connectivity index (χ0v) is 25.0. The molecule has 5 nitrogen and oxygen atoms in total. The predicted octanol–water partition coefficient (Wildman–Crippen LogP) is 7.23. The number of phenolic OH excluding ortho intramolecular Hbond substituents is 1. The summed E-state index contributed by atoms with van der Waals surface area (Å²) in [5.74, 6) is 0.0994. The van der Waals surface area contributed by atoms with Crippen molar-refractivity contribution in [3.05, 3.63) is 143 Å². The second kappa shape index (κ2) is 11.8. The Bertz CT molecular complexity index is 1700. The summed E-state index contributed by atoms with van der Waals surface area (Å²) in [6.45, 7) is 4.23. The van der Waals surface area contributed by atoms with Crippen LogP contribution in [0, 0.1) is 5.92 Å². The molecule has 1 amide bonds. The number of anilines is 1. The van der Waals surface area contributed by atoms with Gasteiger partial charge in [0.15, 0.2) is 0 Å². The lowest BCUT2D eigenvalue weighted by Gasteiger charge is -2.35. The van der Waals surface area contributed by atoms with Crippen LogP contribution in [0.25, 0.3) is 11.1 Å². The van der Waals surface area contributed by atoms with E-state index < -0.39 is 17.7 Å². The largest absolute Gasteiger partial charge is 0.508 e. The van der Waals surface area contributed by atoms with Crippen molar-refractivity contribution in [3.63, 3.8) is 0 Å². The highest BCUT2D eigenvalue weighted by Gasteiger charge is 2.44. The number of nitrogens with one attached hydrogen (secondary N) is 1. The average molecular weight is 591 g/mol. The highest BCUT2D eigenvalue weighted by Crippen LogP contribution is 2.41. The van der Waals surface area contributed by atoms with E-state index >= 15 is 0 Å². The maximum absolute atomic E-state index is 14.9. The topological polar surface area (TPSA) is 72.8 Å². The molecule has 2 aliphatic rings. The minimum Gasteiger partial charge on any atom is -0.508 e. The molecule has 0 spiro atoms. The van der Waals surface area contributed by atoms with Crippen LogP contribution in [0.2, 0.25) is 5.02 Å². The molecule has 0 radical (unpaired) electrons. The SMILES string of the molecule is CC1C=CC(CN2C(=O)C(C)(Cc3ccccc3-c3ccccc3)NC(c3ccc(O)cc3)c3cc(Cl)ccc32)=CC1O. The number of aromatic hydroxyl groups is 1. The van der Waals surface area contributed by atoms with E-state index in [0.717, 1.165) is 39.1 Å². The Morgan fingerprint density at radius 1 is 0.953 bits per heavy atom. The monoisotopic (exact) mass is 590 g/mol. The minimum atomic E-state index is -1.04. The Hall–Kier alpha value is -4.16. The summed E-state index contributed by atoms with van der Waals surface area (Å²) in [5.41, 5.74) is 5.56. The van der Waals surface area contributed by atoms with E-state index in [0.29, 0.717) is 18.0 Å². The average Bonchev–Trinajstić information content (AvgIpc) is 3.09. The first-order valence-corrected chi connectivity index (χ1v) is 15.0. The molecule has 0 saturated heterocycles. The van der Waals surface area contributed by atoms with E-state index in [4.69, 9.17) is 11.6 Å². The number of hydrogen-bond donors (Lipinski definition) is 3. The van der Waals surface area contributed by atoms with Gasteiger partial charge in [0.2, 0.25) is 5.91 Å². The summed E-state index contributed by atoms with van der Waals surface area (Å²) < 4.78 is 0. The van der Waals surface area contributed by atoms with Crippen LogP contribution in [-0.4, -0.2) is 34.3 Å². The first kappa shape index (κ1) is 28.9. The van der Waals surface area contributed by atoms with Crippen molar-refractivity contribution in [2.45, 2.75) is 38.0 Å². The fraction of sp³-hybridized carbons (Fsp3) is 0.216. The normalized spacial score (nSPS) is 23.4. The number of aliphatic hydroxyl groups is 1. The van der Waals surface area contributed by atoms with Gasteiger partial charge in [-0.3, -0.25) is 10.1 Å². The van der Waals surface area contributed by atoms with Gasteiger partial charge in [0.05, 0.1) is 18.7 Å². The van der Waals surface area contributed by atoms with Gasteiger partial charge in [-0.1, -0.05) is 103 Å². The smallest absolute Gasteiger partial charge is 0.247 e. The van der Waals surface area contributed by atoms with Crippen LogP contribution in [0.15, 0.2) is 121 Å². The Kier molecular flexibility index (Phi) is 7.97. The number of nitrogens with zero attached hydrogens (tertiary/aromatic N) is 1. The zero-order valence-electron chi connectivity index (χ0n) is 24.2. The third-order valence-electron chi connectivity index (χ3n) is 8.52. The summed E-state index contributed by atoms with van der Waals surface area (Å²) in [7, 11) is 0. The number of benzene rings is 4. The summed E-state index contributed by atoms with van der Waals surface area (Å²) in [6, 6.07) is 30.7. The van der Waals surface area contributed by atoms with E-state index in [2.05, 4.69) is 29.6 Å². The third-order valence-corrected chi connectivity index (χ3v) is 8.76. The van der Waals surface area contributed by atoms with Crippen LogP contribution in [0.1, 0.15) is 36.6 Å². The van der Waals surface area contributed by atoms with E-state index in [1.807, 2.05) is 97.6 Å². The summed E-state index contributed by atoms with van der Waals surface area (Å²) in [6.07, 6.45) is 5.64. The van der Waals surface area contributed by atoms with Gasteiger partial charge in [-0.05, 0) is 77.1 Å². The molecule has 0 bridgehead atoms. The van der Waals surface area contributed by atoms with Crippen LogP contribution in [0.5, 0.6) is 5.75 Å². The number of phenols is 1. The molecule has 218 valence electrons. The van der Waals surface area contributed by atoms with Crippen LogP contribution in [0.3, 0.4) is 0 Å². The quantitative estimate of drug-likeness (QED) is 0.221. The molecule has 3 N–H and O–H groups in total. The lowest BCUT2D eigenvalue weighted by Crippen LogP contribution is -2.57. The summed E-state index contributed by atoms with van der Waals surface area (Å²) in [4.78, 5) is 16.7. The lowest BCUT2D eigenvalue weighted by molar-refractivity contribution is -0.124. The van der Waals surface area contributed by atoms with Crippen molar-refractivity contribution >= 4 is 23.2 Å². The molecular weight excluding hydrogens is 556 g/mol. The van der Waals surface area contributed by atoms with Gasteiger partial charge in [-0.2, -0.15) is 0 Å². The number of aliphatic hydroxyl groups excluding tert-OH is 1. The molecule has 4 atom stereocenters. The number of halogens is 1. The number of rotatable bonds is 6. The molecule has 1 heterocycles. The highest BCUT2D eigenvalue weighted by atomic mass is 35.5. The molecule has 0 saturated carbocycles. The van der Waals surface area contributed by atoms with Gasteiger partial charge >= 0.3 is 0 Å². The molecule has 4 unspecified atom stereocenters. The number of fused-ring (bicyclic) bond motifs is 1. The second-order valence-corrected chi connectivity index (χ2v) is 12.2. The minimum absolute atomic E-state index is 0.00924. The molecule has 4 aromatic carbocycles. The van der Waals surface area contributed by atoms with E-state index in [-0.39, 0.29) is 17.6 Å². The molecule has 6 rings (SSSR count). The van der Waals surface area contributed by atoms with Gasteiger partial charge < -0.3 is 15.1 Å². The van der Waals surface area contributed by atoms with Crippen molar-refractivity contribution < 1.29 is 15.0 Å². The van der Waals surface area contributed by atoms with Crippen molar-refractivity contribution in [1.82, 2.24) is 5.32 Å². The highest BCUT2D eigenvalue weighted by molar-refractivity contribution is 6.30. The maximum atomic E-state index is 14.9.